The smallest absolute Gasteiger partial charge is 0.255 e. The number of anilines is 1. The normalized spacial score (nSPS) is 14.6. The van der Waals surface area contributed by atoms with Crippen LogP contribution in [0.2, 0.25) is 5.02 Å². The zero-order valence-corrected chi connectivity index (χ0v) is 17.8. The lowest BCUT2D eigenvalue weighted by Crippen LogP contribution is -2.48. The SMILES string of the molecule is COc1ccc(Cl)c2sc(N3CCN(C(=O)c4ccccc4Br)CC3)nc12. The van der Waals surface area contributed by atoms with Crippen LogP contribution in [0.5, 0.6) is 5.75 Å². The Labute approximate surface area is 174 Å². The maximum absolute atomic E-state index is 12.8. The van der Waals surface area contributed by atoms with Gasteiger partial charge in [0.25, 0.3) is 5.91 Å². The minimum Gasteiger partial charge on any atom is -0.494 e. The van der Waals surface area contributed by atoms with Crippen molar-refractivity contribution in [1.29, 1.82) is 0 Å². The highest BCUT2D eigenvalue weighted by Gasteiger charge is 2.25. The van der Waals surface area contributed by atoms with Crippen LogP contribution in [0.25, 0.3) is 10.2 Å². The van der Waals surface area contributed by atoms with Gasteiger partial charge in [-0.2, -0.15) is 0 Å². The van der Waals surface area contributed by atoms with Gasteiger partial charge in [0.2, 0.25) is 0 Å². The predicted molar refractivity (Wildman–Crippen MR) is 113 cm³/mol. The third-order valence-electron chi connectivity index (χ3n) is 4.61. The van der Waals surface area contributed by atoms with Crippen LogP contribution in [0.1, 0.15) is 10.4 Å². The average Bonchev–Trinajstić information content (AvgIpc) is 3.15. The van der Waals surface area contributed by atoms with Crippen LogP contribution in [0.15, 0.2) is 40.9 Å². The maximum atomic E-state index is 12.8. The molecule has 27 heavy (non-hydrogen) atoms. The Kier molecular flexibility index (Phi) is 5.25. The fraction of sp³-hybridized carbons (Fsp3) is 0.263. The molecule has 8 heteroatoms. The molecule has 0 atom stereocenters. The van der Waals surface area contributed by atoms with Gasteiger partial charge in [-0.1, -0.05) is 35.1 Å². The number of carbonyl (C=O) groups is 1. The van der Waals surface area contributed by atoms with E-state index in [2.05, 4.69) is 20.8 Å². The van der Waals surface area contributed by atoms with Gasteiger partial charge in [0.05, 0.1) is 22.4 Å². The Hall–Kier alpha value is -1.83. The number of benzene rings is 2. The third kappa shape index (κ3) is 3.51. The van der Waals surface area contributed by atoms with E-state index < -0.39 is 0 Å². The maximum Gasteiger partial charge on any atom is 0.255 e. The van der Waals surface area contributed by atoms with Crippen LogP contribution in [0.4, 0.5) is 5.13 Å². The zero-order valence-electron chi connectivity index (χ0n) is 14.6. The molecule has 0 aliphatic carbocycles. The first-order valence-corrected chi connectivity index (χ1v) is 10.5. The number of aromatic nitrogens is 1. The molecule has 3 aromatic rings. The molecule has 1 aliphatic heterocycles. The number of halogens is 2. The minimum absolute atomic E-state index is 0.0520. The van der Waals surface area contributed by atoms with E-state index in [4.69, 9.17) is 21.3 Å². The Morgan fingerprint density at radius 2 is 1.93 bits per heavy atom. The molecule has 1 amide bonds. The Balaban J connectivity index is 1.51. The summed E-state index contributed by atoms with van der Waals surface area (Å²) in [6.45, 7) is 2.77. The summed E-state index contributed by atoms with van der Waals surface area (Å²) in [6, 6.07) is 11.2. The number of carbonyl (C=O) groups excluding carboxylic acids is 1. The highest BCUT2D eigenvalue weighted by molar-refractivity contribution is 9.10. The van der Waals surface area contributed by atoms with Gasteiger partial charge < -0.3 is 14.5 Å². The van der Waals surface area contributed by atoms with Crippen LogP contribution in [0.3, 0.4) is 0 Å². The van der Waals surface area contributed by atoms with E-state index in [0.717, 1.165) is 38.7 Å². The molecule has 140 valence electrons. The lowest BCUT2D eigenvalue weighted by molar-refractivity contribution is 0.0746. The van der Waals surface area contributed by atoms with Crippen molar-refractivity contribution in [3.05, 3.63) is 51.5 Å². The van der Waals surface area contributed by atoms with Gasteiger partial charge in [0.15, 0.2) is 5.13 Å². The monoisotopic (exact) mass is 465 g/mol. The molecule has 1 aliphatic rings. The van der Waals surface area contributed by atoms with Gasteiger partial charge in [-0.15, -0.1) is 0 Å². The number of ether oxygens (including phenoxy) is 1. The fourth-order valence-electron chi connectivity index (χ4n) is 3.15. The van der Waals surface area contributed by atoms with Crippen molar-refractivity contribution < 1.29 is 9.53 Å². The molecule has 4 rings (SSSR count). The number of thiazole rings is 1. The van der Waals surface area contributed by atoms with Crippen LogP contribution < -0.4 is 9.64 Å². The molecule has 5 nitrogen and oxygen atoms in total. The number of hydrogen-bond acceptors (Lipinski definition) is 5. The van der Waals surface area contributed by atoms with Gasteiger partial charge in [-0.05, 0) is 40.2 Å². The van der Waals surface area contributed by atoms with Crippen molar-refractivity contribution in [2.45, 2.75) is 0 Å². The van der Waals surface area contributed by atoms with E-state index in [-0.39, 0.29) is 5.91 Å². The minimum atomic E-state index is 0.0520. The number of rotatable bonds is 3. The van der Waals surface area contributed by atoms with Crippen LogP contribution in [-0.2, 0) is 0 Å². The van der Waals surface area contributed by atoms with Gasteiger partial charge in [0.1, 0.15) is 11.3 Å². The van der Waals surface area contributed by atoms with Crippen LogP contribution in [0, 0.1) is 0 Å². The molecule has 1 saturated heterocycles. The highest BCUT2D eigenvalue weighted by atomic mass is 79.9. The number of hydrogen-bond donors (Lipinski definition) is 0. The number of amides is 1. The summed E-state index contributed by atoms with van der Waals surface area (Å²) >= 11 is 11.3. The molecular formula is C19H17BrClN3O2S. The second-order valence-corrected chi connectivity index (χ2v) is 8.42. The standard InChI is InChI=1S/C19H17BrClN3O2S/c1-26-15-7-6-14(21)17-16(15)22-19(27-17)24-10-8-23(9-11-24)18(25)12-4-2-3-5-13(12)20/h2-7H,8-11H2,1H3. The number of piperazine rings is 1. The third-order valence-corrected chi connectivity index (χ3v) is 6.88. The molecule has 1 aromatic heterocycles. The number of methoxy groups -OCH3 is 1. The summed E-state index contributed by atoms with van der Waals surface area (Å²) < 4.78 is 7.15. The van der Waals surface area contributed by atoms with Gasteiger partial charge in [-0.25, -0.2) is 4.98 Å². The van der Waals surface area contributed by atoms with E-state index in [0.29, 0.717) is 23.7 Å². The van der Waals surface area contributed by atoms with Crippen molar-refractivity contribution in [1.82, 2.24) is 9.88 Å². The summed E-state index contributed by atoms with van der Waals surface area (Å²) in [5.41, 5.74) is 1.49. The molecule has 0 saturated carbocycles. The van der Waals surface area contributed by atoms with E-state index in [1.807, 2.05) is 41.3 Å². The lowest BCUT2D eigenvalue weighted by atomic mass is 10.2. The summed E-state index contributed by atoms with van der Waals surface area (Å²) in [4.78, 5) is 21.6. The topological polar surface area (TPSA) is 45.7 Å². The Bertz CT molecular complexity index is 1000. The summed E-state index contributed by atoms with van der Waals surface area (Å²) in [7, 11) is 1.63. The van der Waals surface area contributed by atoms with E-state index in [9.17, 15) is 4.79 Å². The Morgan fingerprint density at radius 3 is 2.63 bits per heavy atom. The molecule has 2 aromatic carbocycles. The lowest BCUT2D eigenvalue weighted by Gasteiger charge is -2.34. The van der Waals surface area contributed by atoms with Crippen LogP contribution in [-0.4, -0.2) is 49.1 Å². The first-order chi connectivity index (χ1) is 13.1. The molecule has 0 spiro atoms. The largest absolute Gasteiger partial charge is 0.494 e. The molecule has 1 fully saturated rings. The Morgan fingerprint density at radius 1 is 1.19 bits per heavy atom. The average molecular weight is 467 g/mol. The van der Waals surface area contributed by atoms with Crippen LogP contribution >= 0.6 is 38.9 Å². The highest BCUT2D eigenvalue weighted by Crippen LogP contribution is 2.38. The van der Waals surface area contributed by atoms with Gasteiger partial charge in [-0.3, -0.25) is 4.79 Å². The molecule has 0 bridgehead atoms. The zero-order chi connectivity index (χ0) is 19.0. The van der Waals surface area contributed by atoms with Crippen molar-refractivity contribution in [2.75, 3.05) is 38.2 Å². The van der Waals surface area contributed by atoms with Gasteiger partial charge in [0, 0.05) is 30.7 Å². The molecule has 0 unspecified atom stereocenters. The molecule has 0 N–H and O–H groups in total. The van der Waals surface area contributed by atoms with Crippen molar-refractivity contribution in [3.8, 4) is 5.75 Å². The molecule has 0 radical (unpaired) electrons. The summed E-state index contributed by atoms with van der Waals surface area (Å²) in [6.07, 6.45) is 0. The number of nitrogens with zero attached hydrogens (tertiary/aromatic N) is 3. The predicted octanol–water partition coefficient (Wildman–Crippen LogP) is 4.68. The van der Waals surface area contributed by atoms with Crippen molar-refractivity contribution in [2.24, 2.45) is 0 Å². The quantitative estimate of drug-likeness (QED) is 0.562. The molecular weight excluding hydrogens is 450 g/mol. The first-order valence-electron chi connectivity index (χ1n) is 8.50. The van der Waals surface area contributed by atoms with E-state index in [1.165, 1.54) is 0 Å². The summed E-state index contributed by atoms with van der Waals surface area (Å²) in [5.74, 6) is 0.774. The van der Waals surface area contributed by atoms with E-state index in [1.54, 1.807) is 18.4 Å². The second kappa shape index (κ2) is 7.66. The molecule has 2 heterocycles. The fourth-order valence-corrected chi connectivity index (χ4v) is 4.91. The number of fused-ring (bicyclic) bond motifs is 1. The van der Waals surface area contributed by atoms with Crippen molar-refractivity contribution in [3.63, 3.8) is 0 Å². The van der Waals surface area contributed by atoms with Gasteiger partial charge >= 0.3 is 0 Å². The van der Waals surface area contributed by atoms with Crippen molar-refractivity contribution >= 4 is 60.1 Å². The second-order valence-electron chi connectivity index (χ2n) is 6.18. The van der Waals surface area contributed by atoms with E-state index >= 15 is 0 Å². The first kappa shape index (κ1) is 18.5. The summed E-state index contributed by atoms with van der Waals surface area (Å²) in [5, 5.41) is 1.58.